The van der Waals surface area contributed by atoms with Crippen LogP contribution in [0, 0.1) is 11.3 Å². The summed E-state index contributed by atoms with van der Waals surface area (Å²) in [5.74, 6) is 2.95. The first-order valence-electron chi connectivity index (χ1n) is 8.29. The van der Waals surface area contributed by atoms with Crippen LogP contribution in [0.1, 0.15) is 21.6 Å². The molecule has 0 spiro atoms. The molecule has 2 amide bonds. The number of hydrogen-bond donors (Lipinski definition) is 1. The Morgan fingerprint density at radius 3 is 2.29 bits per heavy atom. The number of nitriles is 1. The molecule has 2 rings (SSSR count). The van der Waals surface area contributed by atoms with E-state index in [1.807, 2.05) is 0 Å². The summed E-state index contributed by atoms with van der Waals surface area (Å²) in [5.41, 5.74) is -3.18. The molecule has 0 aliphatic carbocycles. The Morgan fingerprint density at radius 1 is 1.10 bits per heavy atom. The van der Waals surface area contributed by atoms with Crippen LogP contribution in [-0.4, -0.2) is 41.1 Å². The molecule has 0 fully saturated rings. The van der Waals surface area contributed by atoms with Crippen molar-refractivity contribution >= 4 is 17.5 Å². The topological polar surface area (TPSA) is 103 Å². The van der Waals surface area contributed by atoms with Gasteiger partial charge in [-0.15, -0.1) is 0 Å². The van der Waals surface area contributed by atoms with Crippen molar-refractivity contribution in [3.63, 3.8) is 0 Å². The van der Waals surface area contributed by atoms with Gasteiger partial charge in [0.15, 0.2) is 0 Å². The molecule has 0 unspecified atom stereocenters. The molecule has 0 saturated heterocycles. The van der Waals surface area contributed by atoms with Crippen molar-refractivity contribution in [2.75, 3.05) is 18.0 Å². The van der Waals surface area contributed by atoms with Gasteiger partial charge in [0.05, 0.1) is 23.7 Å². The SMILES string of the molecule is N#Cc1ccc(N(CC(=O)N(N)C(=O)c2ccccn2)CC(F)(F)F)cc1C(F)(F)F. The van der Waals surface area contributed by atoms with Crippen LogP contribution in [0.3, 0.4) is 0 Å². The average molecular weight is 445 g/mol. The van der Waals surface area contributed by atoms with E-state index in [4.69, 9.17) is 11.1 Å². The first-order chi connectivity index (χ1) is 14.3. The van der Waals surface area contributed by atoms with Crippen LogP contribution in [0.4, 0.5) is 32.0 Å². The zero-order chi connectivity index (χ0) is 23.4. The molecule has 2 aromatic rings. The lowest BCUT2D eigenvalue weighted by molar-refractivity contribution is -0.137. The van der Waals surface area contributed by atoms with Crippen LogP contribution in [0.5, 0.6) is 0 Å². The van der Waals surface area contributed by atoms with Gasteiger partial charge in [-0.25, -0.2) is 10.9 Å². The molecule has 1 aromatic carbocycles. The summed E-state index contributed by atoms with van der Waals surface area (Å²) >= 11 is 0. The monoisotopic (exact) mass is 445 g/mol. The number of nitrogens with two attached hydrogens (primary N) is 1. The molecule has 0 atom stereocenters. The van der Waals surface area contributed by atoms with Gasteiger partial charge in [-0.3, -0.25) is 14.6 Å². The van der Waals surface area contributed by atoms with E-state index < -0.39 is 54.1 Å². The normalized spacial score (nSPS) is 11.5. The Kier molecular flexibility index (Phi) is 6.86. The van der Waals surface area contributed by atoms with Gasteiger partial charge < -0.3 is 4.90 Å². The molecule has 1 aromatic heterocycles. The highest BCUT2D eigenvalue weighted by Crippen LogP contribution is 2.35. The molecule has 1 heterocycles. The lowest BCUT2D eigenvalue weighted by Gasteiger charge is -2.27. The van der Waals surface area contributed by atoms with E-state index in [0.29, 0.717) is 12.1 Å². The molecule has 2 N–H and O–H groups in total. The number of imide groups is 1. The third-order valence-electron chi connectivity index (χ3n) is 3.86. The number of nitrogens with zero attached hydrogens (tertiary/aromatic N) is 4. The second kappa shape index (κ2) is 9.00. The zero-order valence-corrected chi connectivity index (χ0v) is 15.4. The molecule has 7 nitrogen and oxygen atoms in total. The van der Waals surface area contributed by atoms with Crippen molar-refractivity contribution in [3.05, 3.63) is 59.4 Å². The summed E-state index contributed by atoms with van der Waals surface area (Å²) in [4.78, 5) is 28.4. The molecule has 164 valence electrons. The Morgan fingerprint density at radius 2 is 1.77 bits per heavy atom. The third-order valence-corrected chi connectivity index (χ3v) is 3.86. The summed E-state index contributed by atoms with van der Waals surface area (Å²) in [6.07, 6.45) is -8.71. The first-order valence-corrected chi connectivity index (χ1v) is 8.29. The fraction of sp³-hybridized carbons (Fsp3) is 0.222. The summed E-state index contributed by atoms with van der Waals surface area (Å²) in [5, 5.41) is 8.85. The number of hydrogen-bond acceptors (Lipinski definition) is 6. The van der Waals surface area contributed by atoms with Gasteiger partial charge in [0.1, 0.15) is 12.2 Å². The minimum Gasteiger partial charge on any atom is -0.353 e. The molecular weight excluding hydrogens is 432 g/mol. The number of anilines is 1. The molecule has 13 heteroatoms. The largest absolute Gasteiger partial charge is 0.417 e. The predicted molar refractivity (Wildman–Crippen MR) is 94.0 cm³/mol. The highest BCUT2D eigenvalue weighted by molar-refractivity contribution is 6.04. The van der Waals surface area contributed by atoms with Crippen molar-refractivity contribution < 1.29 is 35.9 Å². The van der Waals surface area contributed by atoms with Gasteiger partial charge in [0, 0.05) is 11.9 Å². The number of carbonyl (C=O) groups excluding carboxylic acids is 2. The van der Waals surface area contributed by atoms with Gasteiger partial charge in [-0.05, 0) is 30.3 Å². The van der Waals surface area contributed by atoms with Gasteiger partial charge in [0.25, 0.3) is 11.8 Å². The number of hydrazine groups is 1. The summed E-state index contributed by atoms with van der Waals surface area (Å²) in [6.45, 7) is -2.98. The first kappa shape index (κ1) is 23.6. The predicted octanol–water partition coefficient (Wildman–Crippen LogP) is 2.88. The van der Waals surface area contributed by atoms with E-state index in [-0.39, 0.29) is 15.6 Å². The Balaban J connectivity index is 2.36. The van der Waals surface area contributed by atoms with E-state index in [9.17, 15) is 35.9 Å². The van der Waals surface area contributed by atoms with Crippen LogP contribution < -0.4 is 10.7 Å². The number of alkyl halides is 6. The van der Waals surface area contributed by atoms with Crippen molar-refractivity contribution in [1.29, 1.82) is 5.26 Å². The minimum atomic E-state index is -5.02. The Bertz CT molecular complexity index is 1000. The molecule has 0 saturated carbocycles. The van der Waals surface area contributed by atoms with Crippen LogP contribution in [0.25, 0.3) is 0 Å². The van der Waals surface area contributed by atoms with Gasteiger partial charge in [-0.1, -0.05) is 6.07 Å². The van der Waals surface area contributed by atoms with Crippen molar-refractivity contribution in [3.8, 4) is 6.07 Å². The lowest BCUT2D eigenvalue weighted by Crippen LogP contribution is -2.49. The third kappa shape index (κ3) is 6.16. The van der Waals surface area contributed by atoms with Gasteiger partial charge in [0.2, 0.25) is 0 Å². The van der Waals surface area contributed by atoms with E-state index >= 15 is 0 Å². The Labute approximate surface area is 171 Å². The average Bonchev–Trinajstić information content (AvgIpc) is 2.70. The number of carbonyl (C=O) groups is 2. The van der Waals surface area contributed by atoms with E-state index in [0.717, 1.165) is 6.07 Å². The quantitative estimate of drug-likeness (QED) is 0.329. The molecular formula is C18H13F6N5O2. The second-order valence-electron chi connectivity index (χ2n) is 6.09. The minimum absolute atomic E-state index is 0.0278. The fourth-order valence-corrected chi connectivity index (χ4v) is 2.48. The highest BCUT2D eigenvalue weighted by atomic mass is 19.4. The summed E-state index contributed by atoms with van der Waals surface area (Å²) in [6, 6.07) is 7.21. The molecule has 0 aliphatic rings. The van der Waals surface area contributed by atoms with Crippen LogP contribution in [-0.2, 0) is 11.0 Å². The highest BCUT2D eigenvalue weighted by Gasteiger charge is 2.37. The lowest BCUT2D eigenvalue weighted by atomic mass is 10.1. The maximum Gasteiger partial charge on any atom is 0.417 e. The number of benzene rings is 1. The number of rotatable bonds is 5. The van der Waals surface area contributed by atoms with Gasteiger partial charge in [-0.2, -0.15) is 31.6 Å². The summed E-state index contributed by atoms with van der Waals surface area (Å²) < 4.78 is 78.5. The number of pyridine rings is 1. The van der Waals surface area contributed by atoms with Crippen molar-refractivity contribution in [2.24, 2.45) is 5.84 Å². The molecule has 31 heavy (non-hydrogen) atoms. The second-order valence-corrected chi connectivity index (χ2v) is 6.09. The van der Waals surface area contributed by atoms with Crippen molar-refractivity contribution in [2.45, 2.75) is 12.4 Å². The summed E-state index contributed by atoms with van der Waals surface area (Å²) in [7, 11) is 0. The number of aromatic nitrogens is 1. The fourth-order valence-electron chi connectivity index (χ4n) is 2.48. The maximum absolute atomic E-state index is 13.2. The van der Waals surface area contributed by atoms with Gasteiger partial charge >= 0.3 is 12.4 Å². The van der Waals surface area contributed by atoms with E-state index in [1.54, 1.807) is 0 Å². The molecule has 0 bridgehead atoms. The Hall–Kier alpha value is -3.66. The van der Waals surface area contributed by atoms with E-state index in [1.165, 1.54) is 30.5 Å². The van der Waals surface area contributed by atoms with Crippen molar-refractivity contribution in [1.82, 2.24) is 9.99 Å². The smallest absolute Gasteiger partial charge is 0.353 e. The van der Waals surface area contributed by atoms with Crippen LogP contribution in [0.2, 0.25) is 0 Å². The maximum atomic E-state index is 13.2. The number of amides is 2. The van der Waals surface area contributed by atoms with Crippen LogP contribution >= 0.6 is 0 Å². The standard InChI is InChI=1S/C18H13F6N5O2/c19-17(20,21)10-28(12-5-4-11(8-25)13(7-12)18(22,23)24)9-15(30)29(26)16(31)14-3-1-2-6-27-14/h1-7H,9-10,26H2. The van der Waals surface area contributed by atoms with E-state index in [2.05, 4.69) is 4.98 Å². The molecule has 0 aliphatic heterocycles. The number of halogens is 6. The molecule has 0 radical (unpaired) electrons. The van der Waals surface area contributed by atoms with Crippen LogP contribution in [0.15, 0.2) is 42.6 Å². The zero-order valence-electron chi connectivity index (χ0n) is 15.4.